The standard InChI is InChI=1S/C15H25/c1-4-14(2,3)15-8-11-5-12(9-15)7-13(6-11)10-15/h11-13H,1,4-10H2,2-3H3. The van der Waals surface area contributed by atoms with Crippen molar-refractivity contribution >= 4 is 0 Å². The van der Waals surface area contributed by atoms with Gasteiger partial charge in [-0.3, -0.25) is 0 Å². The summed E-state index contributed by atoms with van der Waals surface area (Å²) in [7, 11) is 0. The Kier molecular flexibility index (Phi) is 2.05. The summed E-state index contributed by atoms with van der Waals surface area (Å²) in [5, 5.41) is 0. The molecule has 4 aliphatic carbocycles. The maximum absolute atomic E-state index is 4.21. The number of hydrogen-bond donors (Lipinski definition) is 0. The van der Waals surface area contributed by atoms with Crippen molar-refractivity contribution in [2.45, 2.75) is 58.8 Å². The van der Waals surface area contributed by atoms with Gasteiger partial charge in [0.1, 0.15) is 0 Å². The van der Waals surface area contributed by atoms with Crippen molar-refractivity contribution < 1.29 is 0 Å². The van der Waals surface area contributed by atoms with Gasteiger partial charge < -0.3 is 0 Å². The van der Waals surface area contributed by atoms with E-state index in [4.69, 9.17) is 0 Å². The third-order valence-corrected chi connectivity index (χ3v) is 6.10. The van der Waals surface area contributed by atoms with Crippen LogP contribution in [0.4, 0.5) is 0 Å². The van der Waals surface area contributed by atoms with Crippen LogP contribution in [0, 0.1) is 35.5 Å². The first-order valence-corrected chi connectivity index (χ1v) is 6.84. The van der Waals surface area contributed by atoms with Gasteiger partial charge >= 0.3 is 0 Å². The fourth-order valence-electron chi connectivity index (χ4n) is 5.20. The predicted octanol–water partition coefficient (Wildman–Crippen LogP) is 4.45. The van der Waals surface area contributed by atoms with Crippen LogP contribution in [0.5, 0.6) is 0 Å². The highest BCUT2D eigenvalue weighted by atomic mass is 14.6. The van der Waals surface area contributed by atoms with E-state index in [0.29, 0.717) is 10.8 Å². The topological polar surface area (TPSA) is 0 Å². The van der Waals surface area contributed by atoms with Crippen LogP contribution in [-0.2, 0) is 0 Å². The highest BCUT2D eigenvalue weighted by molar-refractivity contribution is 5.06. The van der Waals surface area contributed by atoms with Gasteiger partial charge in [-0.2, -0.15) is 0 Å². The summed E-state index contributed by atoms with van der Waals surface area (Å²) in [6, 6.07) is 0. The van der Waals surface area contributed by atoms with Crippen LogP contribution < -0.4 is 0 Å². The highest BCUT2D eigenvalue weighted by Gasteiger charge is 2.56. The summed E-state index contributed by atoms with van der Waals surface area (Å²) < 4.78 is 0. The first-order valence-electron chi connectivity index (χ1n) is 6.84. The van der Waals surface area contributed by atoms with Gasteiger partial charge in [0.15, 0.2) is 0 Å². The van der Waals surface area contributed by atoms with Crippen molar-refractivity contribution in [1.82, 2.24) is 0 Å². The molecule has 1 radical (unpaired) electrons. The van der Waals surface area contributed by atoms with Crippen LogP contribution in [0.2, 0.25) is 0 Å². The Labute approximate surface area is 94.8 Å². The molecule has 0 nitrogen and oxygen atoms in total. The van der Waals surface area contributed by atoms with Crippen molar-refractivity contribution in [3.05, 3.63) is 6.92 Å². The molecule has 0 saturated heterocycles. The van der Waals surface area contributed by atoms with Gasteiger partial charge in [-0.05, 0) is 73.5 Å². The van der Waals surface area contributed by atoms with Gasteiger partial charge in [-0.25, -0.2) is 0 Å². The maximum Gasteiger partial charge on any atom is -0.0238 e. The molecular weight excluding hydrogens is 180 g/mol. The van der Waals surface area contributed by atoms with Crippen LogP contribution in [0.25, 0.3) is 0 Å². The van der Waals surface area contributed by atoms with E-state index in [9.17, 15) is 0 Å². The molecule has 0 unspecified atom stereocenters. The van der Waals surface area contributed by atoms with Gasteiger partial charge in [0.05, 0.1) is 0 Å². The third kappa shape index (κ3) is 1.33. The molecule has 0 atom stereocenters. The van der Waals surface area contributed by atoms with Crippen molar-refractivity contribution in [2.24, 2.45) is 28.6 Å². The molecule has 0 aliphatic heterocycles. The number of hydrogen-bond acceptors (Lipinski definition) is 0. The quantitative estimate of drug-likeness (QED) is 0.624. The van der Waals surface area contributed by atoms with Crippen molar-refractivity contribution in [1.29, 1.82) is 0 Å². The van der Waals surface area contributed by atoms with E-state index in [1.165, 1.54) is 19.3 Å². The normalized spacial score (nSPS) is 48.6. The van der Waals surface area contributed by atoms with E-state index in [1.54, 1.807) is 19.3 Å². The van der Waals surface area contributed by atoms with Gasteiger partial charge in [0.25, 0.3) is 0 Å². The molecule has 0 aromatic carbocycles. The maximum atomic E-state index is 4.21. The molecule has 0 aromatic rings. The molecule has 85 valence electrons. The Balaban J connectivity index is 1.93. The second-order valence-corrected chi connectivity index (χ2v) is 7.33. The molecule has 4 fully saturated rings. The summed E-state index contributed by atoms with van der Waals surface area (Å²) >= 11 is 0. The zero-order valence-corrected chi connectivity index (χ0v) is 10.4. The molecule has 15 heavy (non-hydrogen) atoms. The molecule has 0 N–H and O–H groups in total. The molecule has 4 saturated carbocycles. The minimum Gasteiger partial charge on any atom is -0.0594 e. The van der Waals surface area contributed by atoms with Crippen LogP contribution in [0.1, 0.15) is 58.8 Å². The minimum absolute atomic E-state index is 0.489. The van der Waals surface area contributed by atoms with Gasteiger partial charge in [0.2, 0.25) is 0 Å². The van der Waals surface area contributed by atoms with Crippen LogP contribution in [0.3, 0.4) is 0 Å². The summed E-state index contributed by atoms with van der Waals surface area (Å²) in [4.78, 5) is 0. The van der Waals surface area contributed by atoms with E-state index in [1.807, 2.05) is 0 Å². The Morgan fingerprint density at radius 1 is 1.00 bits per heavy atom. The van der Waals surface area contributed by atoms with Gasteiger partial charge in [-0.1, -0.05) is 20.8 Å². The zero-order chi connectivity index (χ0) is 10.7. The molecule has 0 aromatic heterocycles. The Morgan fingerprint density at radius 2 is 1.40 bits per heavy atom. The van der Waals surface area contributed by atoms with Crippen molar-refractivity contribution in [3.8, 4) is 0 Å². The zero-order valence-electron chi connectivity index (χ0n) is 10.4. The molecule has 0 heteroatoms. The molecule has 4 aliphatic rings. The van der Waals surface area contributed by atoms with Crippen LogP contribution >= 0.6 is 0 Å². The molecule has 4 bridgehead atoms. The Morgan fingerprint density at radius 3 is 1.73 bits per heavy atom. The summed E-state index contributed by atoms with van der Waals surface area (Å²) in [5.74, 6) is 3.26. The molecular formula is C15H25. The summed E-state index contributed by atoms with van der Waals surface area (Å²) in [6.07, 6.45) is 10.4. The number of rotatable bonds is 2. The second kappa shape index (κ2) is 3.02. The summed E-state index contributed by atoms with van der Waals surface area (Å²) in [5.41, 5.74) is 1.17. The summed E-state index contributed by atoms with van der Waals surface area (Å²) in [6.45, 7) is 9.17. The molecule has 4 rings (SSSR count). The lowest BCUT2D eigenvalue weighted by molar-refractivity contribution is -0.118. The SMILES string of the molecule is [CH2]CC(C)(C)C12CC3CC(CC(C3)C1)C2. The minimum atomic E-state index is 0.489. The van der Waals surface area contributed by atoms with E-state index < -0.39 is 0 Å². The third-order valence-electron chi connectivity index (χ3n) is 6.10. The fraction of sp³-hybridized carbons (Fsp3) is 0.933. The van der Waals surface area contributed by atoms with Gasteiger partial charge in [-0.15, -0.1) is 0 Å². The predicted molar refractivity (Wildman–Crippen MR) is 64.4 cm³/mol. The monoisotopic (exact) mass is 205 g/mol. The second-order valence-electron chi connectivity index (χ2n) is 7.33. The van der Waals surface area contributed by atoms with E-state index >= 15 is 0 Å². The van der Waals surface area contributed by atoms with E-state index in [2.05, 4.69) is 20.8 Å². The van der Waals surface area contributed by atoms with Crippen molar-refractivity contribution in [2.75, 3.05) is 0 Å². The van der Waals surface area contributed by atoms with E-state index in [0.717, 1.165) is 24.2 Å². The first kappa shape index (κ1) is 10.2. The first-order chi connectivity index (χ1) is 7.05. The fourth-order valence-corrected chi connectivity index (χ4v) is 5.20. The van der Waals surface area contributed by atoms with Gasteiger partial charge in [0, 0.05) is 0 Å². The largest absolute Gasteiger partial charge is 0.0594 e. The Hall–Kier alpha value is 0. The van der Waals surface area contributed by atoms with Crippen LogP contribution in [-0.4, -0.2) is 0 Å². The lowest BCUT2D eigenvalue weighted by Crippen LogP contribution is -2.52. The average molecular weight is 205 g/mol. The van der Waals surface area contributed by atoms with Crippen molar-refractivity contribution in [3.63, 3.8) is 0 Å². The lowest BCUT2D eigenvalue weighted by Gasteiger charge is -2.62. The Bertz CT molecular complexity index is 226. The molecule has 0 amide bonds. The van der Waals surface area contributed by atoms with Crippen LogP contribution in [0.15, 0.2) is 0 Å². The van der Waals surface area contributed by atoms with E-state index in [-0.39, 0.29) is 0 Å². The molecule has 0 heterocycles. The molecule has 0 spiro atoms. The highest BCUT2D eigenvalue weighted by Crippen LogP contribution is 2.66. The average Bonchev–Trinajstić information content (AvgIpc) is 2.15. The lowest BCUT2D eigenvalue weighted by atomic mass is 9.43. The smallest absolute Gasteiger partial charge is 0.0238 e.